The van der Waals surface area contributed by atoms with Crippen molar-refractivity contribution in [1.82, 2.24) is 25.0 Å². The fraction of sp³-hybridized carbons (Fsp3) is 0.476. The van der Waals surface area contributed by atoms with Gasteiger partial charge in [-0.25, -0.2) is 9.18 Å². The van der Waals surface area contributed by atoms with Crippen molar-refractivity contribution in [1.29, 1.82) is 0 Å². The number of hydrogen-bond donors (Lipinski definition) is 2. The van der Waals surface area contributed by atoms with E-state index >= 15 is 0 Å². The van der Waals surface area contributed by atoms with E-state index < -0.39 is 17.8 Å². The van der Waals surface area contributed by atoms with E-state index in [2.05, 4.69) is 15.4 Å². The quantitative estimate of drug-likeness (QED) is 0.723. The molecule has 2 aliphatic rings. The number of nitrogens with one attached hydrogen (secondary N) is 1. The van der Waals surface area contributed by atoms with Gasteiger partial charge in [0.15, 0.2) is 5.69 Å². The summed E-state index contributed by atoms with van der Waals surface area (Å²) in [5.74, 6) is -2.04. The molecule has 9 nitrogen and oxygen atoms in total. The highest BCUT2D eigenvalue weighted by Crippen LogP contribution is 2.48. The topological polar surface area (TPSA) is 117 Å². The van der Waals surface area contributed by atoms with Gasteiger partial charge in [-0.3, -0.25) is 19.3 Å². The van der Waals surface area contributed by atoms with Crippen molar-refractivity contribution < 1.29 is 23.9 Å². The molecule has 31 heavy (non-hydrogen) atoms. The number of aryl methyl sites for hydroxylation is 1. The number of rotatable bonds is 6. The second kappa shape index (κ2) is 7.75. The Morgan fingerprint density at radius 3 is 2.71 bits per heavy atom. The number of likely N-dealkylation sites (tertiary alicyclic amines) is 1. The second-order valence-corrected chi connectivity index (χ2v) is 8.39. The van der Waals surface area contributed by atoms with Crippen LogP contribution in [0.5, 0.6) is 0 Å². The van der Waals surface area contributed by atoms with Gasteiger partial charge in [0.1, 0.15) is 18.4 Å². The molecule has 3 heterocycles. The second-order valence-electron chi connectivity index (χ2n) is 8.39. The summed E-state index contributed by atoms with van der Waals surface area (Å²) >= 11 is 0. The SMILES string of the molecule is CC(C)=C(F)CNC(=O)[C@@H]1C[C@H]2C[C@H]2N1C(=O)Cn1nc(C(=O)O)c2cc(C)ncc21. The molecular weight excluding hydrogens is 405 g/mol. The highest BCUT2D eigenvalue weighted by Gasteiger charge is 2.56. The average molecular weight is 429 g/mol. The lowest BCUT2D eigenvalue weighted by Crippen LogP contribution is -2.49. The number of carboxylic acids is 1. The van der Waals surface area contributed by atoms with Crippen LogP contribution in [0, 0.1) is 12.8 Å². The van der Waals surface area contributed by atoms with E-state index in [1.54, 1.807) is 31.7 Å². The predicted molar refractivity (Wildman–Crippen MR) is 109 cm³/mol. The van der Waals surface area contributed by atoms with Gasteiger partial charge >= 0.3 is 5.97 Å². The summed E-state index contributed by atoms with van der Waals surface area (Å²) in [6, 6.07) is 0.938. The first kappa shape index (κ1) is 21.0. The van der Waals surface area contributed by atoms with Crippen LogP contribution in [0.25, 0.3) is 10.9 Å². The molecular formula is C21H24FN5O4. The van der Waals surface area contributed by atoms with Gasteiger partial charge in [0.2, 0.25) is 11.8 Å². The number of amides is 2. The van der Waals surface area contributed by atoms with Crippen LogP contribution in [0.1, 0.15) is 42.9 Å². The molecule has 2 N–H and O–H groups in total. The molecule has 2 aromatic rings. The van der Waals surface area contributed by atoms with E-state index in [0.29, 0.717) is 28.6 Å². The molecule has 0 aromatic carbocycles. The van der Waals surface area contributed by atoms with Crippen LogP contribution in [0.4, 0.5) is 4.39 Å². The largest absolute Gasteiger partial charge is 0.476 e. The minimum atomic E-state index is -1.19. The Bertz CT molecular complexity index is 1120. The van der Waals surface area contributed by atoms with E-state index in [1.165, 1.54) is 10.9 Å². The molecule has 0 bridgehead atoms. The molecule has 2 fully saturated rings. The van der Waals surface area contributed by atoms with E-state index in [-0.39, 0.29) is 42.6 Å². The van der Waals surface area contributed by atoms with Gasteiger partial charge in [-0.2, -0.15) is 5.10 Å². The number of hydrogen-bond acceptors (Lipinski definition) is 5. The summed E-state index contributed by atoms with van der Waals surface area (Å²) in [6.45, 7) is 4.58. The molecule has 4 rings (SSSR count). The number of carbonyl (C=O) groups is 3. The van der Waals surface area contributed by atoms with Gasteiger partial charge in [0.05, 0.1) is 18.3 Å². The molecule has 1 saturated carbocycles. The molecule has 1 aliphatic carbocycles. The Balaban J connectivity index is 1.54. The number of nitrogens with zero attached hydrogens (tertiary/aromatic N) is 4. The van der Waals surface area contributed by atoms with Crippen molar-refractivity contribution >= 4 is 28.7 Å². The Hall–Kier alpha value is -3.30. The van der Waals surface area contributed by atoms with Crippen molar-refractivity contribution in [3.05, 3.63) is 35.1 Å². The van der Waals surface area contributed by atoms with Crippen molar-refractivity contribution in [2.24, 2.45) is 5.92 Å². The van der Waals surface area contributed by atoms with E-state index in [0.717, 1.165) is 6.42 Å². The van der Waals surface area contributed by atoms with Gasteiger partial charge in [0.25, 0.3) is 0 Å². The highest BCUT2D eigenvalue weighted by molar-refractivity contribution is 6.01. The molecule has 0 spiro atoms. The van der Waals surface area contributed by atoms with Crippen LogP contribution >= 0.6 is 0 Å². The Kier molecular flexibility index (Phi) is 5.24. The van der Waals surface area contributed by atoms with Gasteiger partial charge in [0, 0.05) is 17.1 Å². The average Bonchev–Trinajstić information content (AvgIpc) is 3.22. The molecule has 0 unspecified atom stereocenters. The zero-order chi connectivity index (χ0) is 22.4. The summed E-state index contributed by atoms with van der Waals surface area (Å²) in [6.07, 6.45) is 2.87. The number of carboxylic acid groups (broad SMARTS) is 1. The molecule has 2 amide bonds. The maximum Gasteiger partial charge on any atom is 0.357 e. The van der Waals surface area contributed by atoms with E-state index in [4.69, 9.17) is 0 Å². The molecule has 0 radical (unpaired) electrons. The molecule has 2 aromatic heterocycles. The van der Waals surface area contributed by atoms with Crippen LogP contribution in [-0.2, 0) is 16.1 Å². The lowest BCUT2D eigenvalue weighted by Gasteiger charge is -2.27. The standard InChI is InChI=1S/C21H24FN5O4/c1-10(2)14(22)7-24-20(29)16-6-12-5-15(12)27(16)18(28)9-26-17-8-23-11(3)4-13(17)19(25-26)21(30)31/h4,8,12,15-16H,5-7,9H2,1-3H3,(H,24,29)(H,30,31)/t12-,15-,16+/m1/s1. The van der Waals surface area contributed by atoms with Gasteiger partial charge in [-0.15, -0.1) is 0 Å². The van der Waals surface area contributed by atoms with Crippen LogP contribution in [0.2, 0.25) is 0 Å². The maximum atomic E-state index is 13.8. The highest BCUT2D eigenvalue weighted by atomic mass is 19.1. The smallest absolute Gasteiger partial charge is 0.357 e. The van der Waals surface area contributed by atoms with Gasteiger partial charge < -0.3 is 15.3 Å². The van der Waals surface area contributed by atoms with Crippen molar-refractivity contribution in [3.8, 4) is 0 Å². The third-order valence-corrected chi connectivity index (χ3v) is 5.92. The number of pyridine rings is 1. The number of fused-ring (bicyclic) bond motifs is 2. The number of halogens is 1. The molecule has 3 atom stereocenters. The van der Waals surface area contributed by atoms with E-state index in [9.17, 15) is 23.9 Å². The normalized spacial score (nSPS) is 21.7. The Morgan fingerprint density at radius 1 is 1.29 bits per heavy atom. The lowest BCUT2D eigenvalue weighted by atomic mass is 10.1. The summed E-state index contributed by atoms with van der Waals surface area (Å²) in [7, 11) is 0. The zero-order valence-electron chi connectivity index (χ0n) is 17.6. The monoisotopic (exact) mass is 429 g/mol. The van der Waals surface area contributed by atoms with Crippen LogP contribution < -0.4 is 5.32 Å². The van der Waals surface area contributed by atoms with Crippen LogP contribution in [0.3, 0.4) is 0 Å². The summed E-state index contributed by atoms with van der Waals surface area (Å²) in [5.41, 5.74) is 1.42. The number of aromatic carboxylic acids is 1. The fourth-order valence-corrected chi connectivity index (χ4v) is 4.17. The van der Waals surface area contributed by atoms with Crippen LogP contribution in [0.15, 0.2) is 23.7 Å². The summed E-state index contributed by atoms with van der Waals surface area (Å²) < 4.78 is 15.1. The fourth-order valence-electron chi connectivity index (χ4n) is 4.17. The number of allylic oxidation sites excluding steroid dienone is 1. The lowest BCUT2D eigenvalue weighted by molar-refractivity contribution is -0.140. The summed E-state index contributed by atoms with van der Waals surface area (Å²) in [4.78, 5) is 43.1. The molecule has 1 aliphatic heterocycles. The van der Waals surface area contributed by atoms with Crippen molar-refractivity contribution in [2.75, 3.05) is 6.54 Å². The number of carbonyl (C=O) groups excluding carboxylic acids is 2. The first-order valence-electron chi connectivity index (χ1n) is 10.1. The summed E-state index contributed by atoms with van der Waals surface area (Å²) in [5, 5.41) is 16.5. The van der Waals surface area contributed by atoms with E-state index in [1.807, 2.05) is 0 Å². The molecule has 10 heteroatoms. The van der Waals surface area contributed by atoms with Gasteiger partial charge in [-0.05, 0) is 51.2 Å². The number of aromatic nitrogens is 3. The zero-order valence-corrected chi connectivity index (χ0v) is 17.6. The first-order valence-corrected chi connectivity index (χ1v) is 10.1. The third kappa shape index (κ3) is 3.89. The number of piperidine rings is 1. The predicted octanol–water partition coefficient (Wildman–Crippen LogP) is 1.81. The molecule has 164 valence electrons. The van der Waals surface area contributed by atoms with Crippen LogP contribution in [-0.4, -0.2) is 61.2 Å². The molecule has 1 saturated heterocycles. The third-order valence-electron chi connectivity index (χ3n) is 5.92. The van der Waals surface area contributed by atoms with Crippen molar-refractivity contribution in [3.63, 3.8) is 0 Å². The Labute approximate surface area is 177 Å². The minimum Gasteiger partial charge on any atom is -0.476 e. The Morgan fingerprint density at radius 2 is 2.03 bits per heavy atom. The van der Waals surface area contributed by atoms with Gasteiger partial charge in [-0.1, -0.05) is 0 Å². The first-order chi connectivity index (χ1) is 14.7. The maximum absolute atomic E-state index is 13.8. The van der Waals surface area contributed by atoms with Crippen molar-refractivity contribution in [2.45, 2.75) is 52.2 Å². The minimum absolute atomic E-state index is 0.0160.